The molecule has 3 aliphatic rings. The van der Waals surface area contributed by atoms with Crippen molar-refractivity contribution in [2.24, 2.45) is 23.7 Å². The number of fused-ring (bicyclic) bond motifs is 5. The lowest BCUT2D eigenvalue weighted by Gasteiger charge is -2.19. The van der Waals surface area contributed by atoms with Crippen molar-refractivity contribution < 1.29 is 19.5 Å². The molecule has 0 aromatic heterocycles. The Hall–Kier alpha value is -2.14. The van der Waals surface area contributed by atoms with Crippen LogP contribution in [0.5, 0.6) is 0 Å². The minimum Gasteiger partial charge on any atom is -0.478 e. The Balaban J connectivity index is 1.79. The number of halogens is 1. The summed E-state index contributed by atoms with van der Waals surface area (Å²) in [7, 11) is 0. The Kier molecular flexibility index (Phi) is 2.72. The summed E-state index contributed by atoms with van der Waals surface area (Å²) in [4.78, 5) is 37.6. The van der Waals surface area contributed by atoms with E-state index in [0.717, 1.165) is 11.3 Å². The third kappa shape index (κ3) is 1.63. The van der Waals surface area contributed by atoms with E-state index in [9.17, 15) is 14.4 Å². The third-order valence-electron chi connectivity index (χ3n) is 4.90. The number of rotatable bonds is 2. The SMILES string of the molecule is O=C(O)c1ccc(Cl)c(N2C(=O)[C@@H]3[C@H](C2=O)[C@@H]2C=C[C@H]3C2)c1. The number of nitrogens with zero attached hydrogens (tertiary/aromatic N) is 1. The number of carbonyl (C=O) groups is 3. The van der Waals surface area contributed by atoms with Crippen LogP contribution < -0.4 is 4.90 Å². The molecule has 4 rings (SSSR count). The number of aromatic carboxylic acids is 1. The quantitative estimate of drug-likeness (QED) is 0.671. The van der Waals surface area contributed by atoms with Gasteiger partial charge in [-0.15, -0.1) is 0 Å². The van der Waals surface area contributed by atoms with Crippen molar-refractivity contribution >= 4 is 35.1 Å². The number of anilines is 1. The van der Waals surface area contributed by atoms with Crippen LogP contribution >= 0.6 is 11.6 Å². The number of hydrogen-bond acceptors (Lipinski definition) is 3. The minimum absolute atomic E-state index is 0.00171. The van der Waals surface area contributed by atoms with Crippen molar-refractivity contribution in [3.8, 4) is 0 Å². The average Bonchev–Trinajstić information content (AvgIpc) is 3.14. The van der Waals surface area contributed by atoms with Crippen LogP contribution in [0.15, 0.2) is 30.4 Å². The van der Waals surface area contributed by atoms with Gasteiger partial charge in [-0.3, -0.25) is 9.59 Å². The Bertz CT molecular complexity index is 727. The number of allylic oxidation sites excluding steroid dienone is 2. The van der Waals surface area contributed by atoms with Crippen LogP contribution in [-0.4, -0.2) is 22.9 Å². The molecule has 4 atom stereocenters. The molecule has 1 aromatic carbocycles. The molecule has 0 radical (unpaired) electrons. The highest BCUT2D eigenvalue weighted by Crippen LogP contribution is 2.53. The fourth-order valence-corrected chi connectivity index (χ4v) is 4.16. The molecule has 1 saturated heterocycles. The lowest BCUT2D eigenvalue weighted by molar-refractivity contribution is -0.123. The maximum Gasteiger partial charge on any atom is 0.335 e. The molecule has 6 heteroatoms. The van der Waals surface area contributed by atoms with E-state index >= 15 is 0 Å². The molecule has 22 heavy (non-hydrogen) atoms. The molecular formula is C16H12ClNO4. The van der Waals surface area contributed by atoms with Gasteiger partial charge in [0.05, 0.1) is 28.1 Å². The summed E-state index contributed by atoms with van der Waals surface area (Å²) in [6.45, 7) is 0. The summed E-state index contributed by atoms with van der Waals surface area (Å²) >= 11 is 6.10. The summed E-state index contributed by atoms with van der Waals surface area (Å²) < 4.78 is 0. The first-order valence-corrected chi connectivity index (χ1v) is 7.46. The van der Waals surface area contributed by atoms with Gasteiger partial charge in [-0.25, -0.2) is 9.69 Å². The van der Waals surface area contributed by atoms with Crippen LogP contribution in [0.2, 0.25) is 5.02 Å². The Labute approximate surface area is 131 Å². The van der Waals surface area contributed by atoms with Gasteiger partial charge in [-0.2, -0.15) is 0 Å². The fourth-order valence-electron chi connectivity index (χ4n) is 3.96. The van der Waals surface area contributed by atoms with E-state index in [0.29, 0.717) is 0 Å². The zero-order valence-corrected chi connectivity index (χ0v) is 12.2. The molecule has 1 aromatic rings. The van der Waals surface area contributed by atoms with E-state index in [1.807, 2.05) is 12.2 Å². The lowest BCUT2D eigenvalue weighted by atomic mass is 9.85. The summed E-state index contributed by atoms with van der Waals surface area (Å²) in [5.41, 5.74) is 0.170. The van der Waals surface area contributed by atoms with Crippen LogP contribution in [0.25, 0.3) is 0 Å². The van der Waals surface area contributed by atoms with Gasteiger partial charge in [0.1, 0.15) is 0 Å². The van der Waals surface area contributed by atoms with Gasteiger partial charge in [-0.05, 0) is 36.5 Å². The molecule has 2 bridgehead atoms. The first-order valence-electron chi connectivity index (χ1n) is 7.08. The molecule has 2 fully saturated rings. The summed E-state index contributed by atoms with van der Waals surface area (Å²) in [5, 5.41) is 9.29. The molecule has 1 N–H and O–H groups in total. The van der Waals surface area contributed by atoms with Crippen molar-refractivity contribution in [2.75, 3.05) is 4.90 Å². The van der Waals surface area contributed by atoms with Crippen LogP contribution in [0.1, 0.15) is 16.8 Å². The molecule has 1 saturated carbocycles. The van der Waals surface area contributed by atoms with E-state index in [-0.39, 0.29) is 51.8 Å². The van der Waals surface area contributed by atoms with Crippen molar-refractivity contribution in [1.82, 2.24) is 0 Å². The summed E-state index contributed by atoms with van der Waals surface area (Å²) in [6.07, 6.45) is 4.87. The number of imide groups is 1. The predicted molar refractivity (Wildman–Crippen MR) is 78.6 cm³/mol. The molecule has 1 heterocycles. The zero-order chi connectivity index (χ0) is 15.6. The number of carboxylic acid groups (broad SMARTS) is 1. The van der Waals surface area contributed by atoms with E-state index < -0.39 is 5.97 Å². The topological polar surface area (TPSA) is 74.7 Å². The summed E-state index contributed by atoms with van der Waals surface area (Å²) in [5.74, 6) is -2.10. The number of benzene rings is 1. The van der Waals surface area contributed by atoms with Crippen LogP contribution in [0.3, 0.4) is 0 Å². The van der Waals surface area contributed by atoms with E-state index in [4.69, 9.17) is 16.7 Å². The molecular weight excluding hydrogens is 306 g/mol. The van der Waals surface area contributed by atoms with E-state index in [2.05, 4.69) is 0 Å². The number of amides is 2. The number of carboxylic acids is 1. The minimum atomic E-state index is -1.13. The first-order chi connectivity index (χ1) is 10.5. The van der Waals surface area contributed by atoms with Crippen molar-refractivity contribution in [3.05, 3.63) is 40.9 Å². The standard InChI is InChI=1S/C16H12ClNO4/c17-10-4-3-9(16(21)22)6-11(10)18-14(19)12-7-1-2-8(5-7)13(12)15(18)20/h1-4,6-8,12-13H,5H2,(H,21,22)/t7-,8+,12-,13+. The Morgan fingerprint density at radius 3 is 2.27 bits per heavy atom. The predicted octanol–water partition coefficient (Wildman–Crippen LogP) is 2.35. The van der Waals surface area contributed by atoms with Crippen LogP contribution in [-0.2, 0) is 9.59 Å². The average molecular weight is 318 g/mol. The second-order valence-corrected chi connectivity index (χ2v) is 6.39. The molecule has 1 aliphatic heterocycles. The van der Waals surface area contributed by atoms with Crippen molar-refractivity contribution in [2.45, 2.75) is 6.42 Å². The fraction of sp³-hybridized carbons (Fsp3) is 0.312. The molecule has 112 valence electrons. The van der Waals surface area contributed by atoms with Gasteiger partial charge in [0, 0.05) is 0 Å². The molecule has 2 amide bonds. The Morgan fingerprint density at radius 2 is 1.73 bits per heavy atom. The van der Waals surface area contributed by atoms with Crippen LogP contribution in [0.4, 0.5) is 5.69 Å². The normalized spacial score (nSPS) is 32.0. The second-order valence-electron chi connectivity index (χ2n) is 5.98. The van der Waals surface area contributed by atoms with Gasteiger partial charge >= 0.3 is 5.97 Å². The van der Waals surface area contributed by atoms with Crippen LogP contribution in [0, 0.1) is 23.7 Å². The molecule has 5 nitrogen and oxygen atoms in total. The van der Waals surface area contributed by atoms with E-state index in [1.54, 1.807) is 0 Å². The smallest absolute Gasteiger partial charge is 0.335 e. The number of carbonyl (C=O) groups excluding carboxylic acids is 2. The largest absolute Gasteiger partial charge is 0.478 e. The van der Waals surface area contributed by atoms with Gasteiger partial charge in [0.15, 0.2) is 0 Å². The molecule has 0 unspecified atom stereocenters. The van der Waals surface area contributed by atoms with E-state index in [1.165, 1.54) is 18.2 Å². The second kappa shape index (κ2) is 4.43. The molecule has 0 spiro atoms. The van der Waals surface area contributed by atoms with Crippen molar-refractivity contribution in [1.29, 1.82) is 0 Å². The third-order valence-corrected chi connectivity index (χ3v) is 5.22. The summed E-state index contributed by atoms with van der Waals surface area (Å²) in [6, 6.07) is 4.05. The maximum absolute atomic E-state index is 12.7. The highest BCUT2D eigenvalue weighted by atomic mass is 35.5. The van der Waals surface area contributed by atoms with Gasteiger partial charge in [0.2, 0.25) is 11.8 Å². The molecule has 2 aliphatic carbocycles. The highest BCUT2D eigenvalue weighted by Gasteiger charge is 2.59. The van der Waals surface area contributed by atoms with Gasteiger partial charge in [0.25, 0.3) is 0 Å². The monoisotopic (exact) mass is 317 g/mol. The maximum atomic E-state index is 12.7. The first kappa shape index (κ1) is 13.5. The number of hydrogen-bond donors (Lipinski definition) is 1. The van der Waals surface area contributed by atoms with Gasteiger partial charge in [-0.1, -0.05) is 23.8 Å². The lowest BCUT2D eigenvalue weighted by Crippen LogP contribution is -2.33. The highest BCUT2D eigenvalue weighted by molar-refractivity contribution is 6.36. The zero-order valence-electron chi connectivity index (χ0n) is 11.4. The van der Waals surface area contributed by atoms with Crippen molar-refractivity contribution in [3.63, 3.8) is 0 Å². The van der Waals surface area contributed by atoms with Gasteiger partial charge < -0.3 is 5.11 Å². The Morgan fingerprint density at radius 1 is 1.14 bits per heavy atom.